The van der Waals surface area contributed by atoms with Crippen molar-refractivity contribution in [3.63, 3.8) is 0 Å². The zero-order chi connectivity index (χ0) is 12.3. The maximum Gasteiger partial charge on any atom is 0.310 e. The monoisotopic (exact) mass is 343 g/mol. The summed E-state index contributed by atoms with van der Waals surface area (Å²) in [6, 6.07) is 0. The number of halogens is 3. The predicted octanol–water partition coefficient (Wildman–Crippen LogP) is 1.63. The molecule has 16 heavy (non-hydrogen) atoms. The molecule has 7 heteroatoms. The number of aromatic amines is 1. The van der Waals surface area contributed by atoms with Gasteiger partial charge in [-0.1, -0.05) is 0 Å². The summed E-state index contributed by atoms with van der Waals surface area (Å²) >= 11 is 1.71. The molecule has 0 saturated heterocycles. The molecule has 0 unspecified atom stereocenters. The van der Waals surface area contributed by atoms with E-state index in [0.29, 0.717) is 0 Å². The average Bonchev–Trinajstić information content (AvgIpc) is 2.24. The maximum atomic E-state index is 12.6. The first-order chi connectivity index (χ1) is 7.47. The van der Waals surface area contributed by atoms with Crippen LogP contribution in [-0.2, 0) is 16.0 Å². The van der Waals surface area contributed by atoms with E-state index in [1.54, 1.807) is 22.6 Å². The molecule has 0 amide bonds. The van der Waals surface area contributed by atoms with Crippen molar-refractivity contribution in [3.05, 3.63) is 31.2 Å². The van der Waals surface area contributed by atoms with Gasteiger partial charge in [0, 0.05) is 11.8 Å². The fourth-order valence-electron chi connectivity index (χ4n) is 1.15. The molecule has 0 bridgehead atoms. The SMILES string of the molecule is COC(=O)Cc1c(C(F)F)[nH]cc(I)c1=O. The van der Waals surface area contributed by atoms with Gasteiger partial charge in [-0.2, -0.15) is 0 Å². The normalized spacial score (nSPS) is 10.6. The molecule has 1 heterocycles. The second-order valence-electron chi connectivity index (χ2n) is 2.91. The summed E-state index contributed by atoms with van der Waals surface area (Å²) in [5.74, 6) is -0.727. The summed E-state index contributed by atoms with van der Waals surface area (Å²) in [7, 11) is 1.13. The fraction of sp³-hybridized carbons (Fsp3) is 0.333. The first-order valence-electron chi connectivity index (χ1n) is 4.22. The minimum atomic E-state index is -2.83. The average molecular weight is 343 g/mol. The summed E-state index contributed by atoms with van der Waals surface area (Å²) in [5.41, 5.74) is -1.34. The lowest BCUT2D eigenvalue weighted by Crippen LogP contribution is -2.21. The van der Waals surface area contributed by atoms with Crippen molar-refractivity contribution >= 4 is 28.6 Å². The minimum Gasteiger partial charge on any atom is -0.469 e. The number of hydrogen-bond donors (Lipinski definition) is 1. The third-order valence-electron chi connectivity index (χ3n) is 1.94. The molecule has 1 aromatic rings. The number of H-pyrrole nitrogens is 1. The Morgan fingerprint density at radius 1 is 1.62 bits per heavy atom. The smallest absolute Gasteiger partial charge is 0.310 e. The van der Waals surface area contributed by atoms with E-state index in [-0.39, 0.29) is 9.13 Å². The molecule has 0 aliphatic heterocycles. The molecule has 0 atom stereocenters. The number of pyridine rings is 1. The number of methoxy groups -OCH3 is 1. The molecule has 88 valence electrons. The Hall–Kier alpha value is -0.990. The van der Waals surface area contributed by atoms with Crippen LogP contribution in [0, 0.1) is 3.57 Å². The summed E-state index contributed by atoms with van der Waals surface area (Å²) in [6.07, 6.45) is -2.10. The van der Waals surface area contributed by atoms with Crippen LogP contribution in [0.4, 0.5) is 8.78 Å². The number of ether oxygens (including phenoxy) is 1. The van der Waals surface area contributed by atoms with Crippen LogP contribution in [-0.4, -0.2) is 18.1 Å². The van der Waals surface area contributed by atoms with Gasteiger partial charge in [0.2, 0.25) is 0 Å². The summed E-state index contributed by atoms with van der Waals surface area (Å²) in [4.78, 5) is 24.9. The van der Waals surface area contributed by atoms with Crippen molar-refractivity contribution < 1.29 is 18.3 Å². The third-order valence-corrected chi connectivity index (χ3v) is 2.74. The van der Waals surface area contributed by atoms with E-state index >= 15 is 0 Å². The maximum absolute atomic E-state index is 12.6. The first-order valence-corrected chi connectivity index (χ1v) is 5.30. The van der Waals surface area contributed by atoms with Gasteiger partial charge in [-0.05, 0) is 22.6 Å². The molecule has 4 nitrogen and oxygen atoms in total. The highest BCUT2D eigenvalue weighted by molar-refractivity contribution is 14.1. The Labute approximate surface area is 103 Å². The van der Waals surface area contributed by atoms with Crippen LogP contribution in [0.2, 0.25) is 0 Å². The summed E-state index contributed by atoms with van der Waals surface area (Å²) in [6.45, 7) is 0. The van der Waals surface area contributed by atoms with Crippen molar-refractivity contribution in [1.82, 2.24) is 4.98 Å². The quantitative estimate of drug-likeness (QED) is 0.671. The summed E-state index contributed by atoms with van der Waals surface area (Å²) < 4.78 is 29.7. The fourth-order valence-corrected chi connectivity index (χ4v) is 1.63. The van der Waals surface area contributed by atoms with Crippen LogP contribution in [0.15, 0.2) is 11.0 Å². The van der Waals surface area contributed by atoms with E-state index in [4.69, 9.17) is 0 Å². The number of alkyl halides is 2. The van der Waals surface area contributed by atoms with Crippen LogP contribution in [0.3, 0.4) is 0 Å². The molecule has 0 aliphatic rings. The van der Waals surface area contributed by atoms with E-state index in [9.17, 15) is 18.4 Å². The topological polar surface area (TPSA) is 59.2 Å². The zero-order valence-corrected chi connectivity index (χ0v) is 10.4. The van der Waals surface area contributed by atoms with Gasteiger partial charge in [-0.15, -0.1) is 0 Å². The van der Waals surface area contributed by atoms with Crippen molar-refractivity contribution in [2.24, 2.45) is 0 Å². The van der Waals surface area contributed by atoms with Gasteiger partial charge in [-0.25, -0.2) is 8.78 Å². The highest BCUT2D eigenvalue weighted by Gasteiger charge is 2.20. The molecule has 0 spiro atoms. The molecule has 0 saturated carbocycles. The molecule has 0 radical (unpaired) electrons. The van der Waals surface area contributed by atoms with E-state index in [1.807, 2.05) is 0 Å². The number of carbonyl (C=O) groups is 1. The molecular weight excluding hydrogens is 335 g/mol. The molecule has 0 aliphatic carbocycles. The lowest BCUT2D eigenvalue weighted by Gasteiger charge is -2.07. The van der Waals surface area contributed by atoms with Crippen molar-refractivity contribution in [2.45, 2.75) is 12.8 Å². The predicted molar refractivity (Wildman–Crippen MR) is 60.5 cm³/mol. The molecule has 1 aromatic heterocycles. The van der Waals surface area contributed by atoms with Crippen molar-refractivity contribution in [3.8, 4) is 0 Å². The lowest BCUT2D eigenvalue weighted by molar-refractivity contribution is -0.139. The van der Waals surface area contributed by atoms with Crippen LogP contribution >= 0.6 is 22.6 Å². The molecular formula is C9H8F2INO3. The van der Waals surface area contributed by atoms with E-state index in [2.05, 4.69) is 9.72 Å². The van der Waals surface area contributed by atoms with Gasteiger partial charge >= 0.3 is 5.97 Å². The van der Waals surface area contributed by atoms with Crippen LogP contribution in [0.25, 0.3) is 0 Å². The number of rotatable bonds is 3. The summed E-state index contributed by atoms with van der Waals surface area (Å²) in [5, 5.41) is 0. The van der Waals surface area contributed by atoms with E-state index < -0.39 is 29.9 Å². The van der Waals surface area contributed by atoms with Crippen LogP contribution < -0.4 is 5.43 Å². The zero-order valence-electron chi connectivity index (χ0n) is 8.22. The van der Waals surface area contributed by atoms with Gasteiger partial charge in [0.25, 0.3) is 6.43 Å². The van der Waals surface area contributed by atoms with E-state index in [0.717, 1.165) is 7.11 Å². The van der Waals surface area contributed by atoms with Gasteiger partial charge in [-0.3, -0.25) is 9.59 Å². The molecule has 0 fully saturated rings. The Morgan fingerprint density at radius 2 is 2.25 bits per heavy atom. The third kappa shape index (κ3) is 2.77. The van der Waals surface area contributed by atoms with Crippen molar-refractivity contribution in [2.75, 3.05) is 7.11 Å². The largest absolute Gasteiger partial charge is 0.469 e. The standard InChI is InChI=1S/C9H8F2INO3/c1-16-6(14)2-4-7(9(10)11)13-3-5(12)8(4)15/h3,9H,2H2,1H3,(H,13,15). The number of aromatic nitrogens is 1. The Bertz CT molecular complexity index is 459. The molecule has 1 rings (SSSR count). The number of hydrogen-bond acceptors (Lipinski definition) is 3. The second kappa shape index (κ2) is 5.37. The van der Waals surface area contributed by atoms with Crippen LogP contribution in [0.5, 0.6) is 0 Å². The number of nitrogens with one attached hydrogen (secondary N) is 1. The first kappa shape index (κ1) is 13.1. The Morgan fingerprint density at radius 3 is 2.75 bits per heavy atom. The van der Waals surface area contributed by atoms with E-state index in [1.165, 1.54) is 6.20 Å². The van der Waals surface area contributed by atoms with Gasteiger partial charge in [0.15, 0.2) is 5.43 Å². The minimum absolute atomic E-state index is 0.242. The van der Waals surface area contributed by atoms with Gasteiger partial charge in [0.05, 0.1) is 22.8 Å². The van der Waals surface area contributed by atoms with Gasteiger partial charge < -0.3 is 9.72 Å². The molecule has 0 aromatic carbocycles. The Balaban J connectivity index is 3.26. The highest BCUT2D eigenvalue weighted by atomic mass is 127. The molecule has 1 N–H and O–H groups in total. The van der Waals surface area contributed by atoms with Gasteiger partial charge in [0.1, 0.15) is 0 Å². The lowest BCUT2D eigenvalue weighted by atomic mass is 10.1. The number of esters is 1. The second-order valence-corrected chi connectivity index (χ2v) is 4.07. The Kier molecular flexibility index (Phi) is 4.39. The van der Waals surface area contributed by atoms with Crippen LogP contribution in [0.1, 0.15) is 17.7 Å². The highest BCUT2D eigenvalue weighted by Crippen LogP contribution is 2.19. The number of carbonyl (C=O) groups excluding carboxylic acids is 1. The van der Waals surface area contributed by atoms with Crippen molar-refractivity contribution in [1.29, 1.82) is 0 Å².